The minimum Gasteiger partial charge on any atom is -0.381 e. The Bertz CT molecular complexity index is 1660. The first-order valence-electron chi connectivity index (χ1n) is 16.7. The Labute approximate surface area is 279 Å². The molecule has 250 valence electrons. The maximum absolute atomic E-state index is 13.7. The van der Waals surface area contributed by atoms with Crippen molar-refractivity contribution in [3.63, 3.8) is 0 Å². The molecule has 3 aromatic carbocycles. The van der Waals surface area contributed by atoms with Crippen molar-refractivity contribution in [2.45, 2.75) is 51.0 Å². The van der Waals surface area contributed by atoms with Crippen molar-refractivity contribution in [1.82, 2.24) is 25.9 Å². The molecule has 1 aromatic heterocycles. The largest absolute Gasteiger partial charge is 0.381 e. The van der Waals surface area contributed by atoms with Gasteiger partial charge in [0, 0.05) is 54.0 Å². The third-order valence-corrected chi connectivity index (χ3v) is 9.42. The van der Waals surface area contributed by atoms with Crippen molar-refractivity contribution in [2.75, 3.05) is 30.4 Å². The number of ether oxygens (including phenoxy) is 1. The Morgan fingerprint density at radius 2 is 1.50 bits per heavy atom. The standard InChI is InChI=1S/C36H42N8O4/c37-22-24-7-11-27(12-8-24)34(45)40-32(36(47)38-29-15-13-26(14-16-29)33-41-43-44-42-33)21-23-5-9-25(10-6-23)30-3-1-2-4-31(30)39-35(46)28-17-19-48-20-18-28/h1-6,9-10,13-16,24,27-28,32H,7-8,11-12,17-22,37H2,(H,38,47)(H,39,46)(H,40,45)(H,41,42,43,44)/t24?,27?,32-/m0/s1. The summed E-state index contributed by atoms with van der Waals surface area (Å²) in [5, 5.41) is 23.1. The number of tetrazole rings is 1. The molecule has 0 spiro atoms. The lowest BCUT2D eigenvalue weighted by molar-refractivity contribution is -0.130. The first-order chi connectivity index (χ1) is 23.5. The molecule has 2 aliphatic rings. The lowest BCUT2D eigenvalue weighted by Crippen LogP contribution is -2.48. The number of aromatic amines is 1. The van der Waals surface area contributed by atoms with Crippen LogP contribution in [0, 0.1) is 17.8 Å². The van der Waals surface area contributed by atoms with E-state index < -0.39 is 6.04 Å². The molecule has 0 radical (unpaired) electrons. The molecule has 4 aromatic rings. The quantitative estimate of drug-likeness (QED) is 0.159. The van der Waals surface area contributed by atoms with Crippen molar-refractivity contribution < 1.29 is 19.1 Å². The van der Waals surface area contributed by atoms with Crippen LogP contribution in [0.2, 0.25) is 0 Å². The molecule has 0 bridgehead atoms. The average Bonchev–Trinajstić information content (AvgIpc) is 3.68. The first kappa shape index (κ1) is 33.0. The van der Waals surface area contributed by atoms with Gasteiger partial charge in [0.05, 0.1) is 0 Å². The zero-order valence-corrected chi connectivity index (χ0v) is 26.9. The molecule has 6 rings (SSSR count). The van der Waals surface area contributed by atoms with Crippen LogP contribution in [0.5, 0.6) is 0 Å². The second-order valence-corrected chi connectivity index (χ2v) is 12.6. The summed E-state index contributed by atoms with van der Waals surface area (Å²) in [6.07, 6.45) is 5.09. The van der Waals surface area contributed by atoms with Gasteiger partial charge in [0.15, 0.2) is 0 Å². The summed E-state index contributed by atoms with van der Waals surface area (Å²) in [7, 11) is 0. The van der Waals surface area contributed by atoms with E-state index in [-0.39, 0.29) is 29.6 Å². The number of carbonyl (C=O) groups excluding carboxylic acids is 3. The van der Waals surface area contributed by atoms with E-state index in [1.807, 2.05) is 48.5 Å². The van der Waals surface area contributed by atoms with Crippen LogP contribution in [0.25, 0.3) is 22.5 Å². The number of nitrogens with one attached hydrogen (secondary N) is 4. The third kappa shape index (κ3) is 8.31. The Kier molecular flexibility index (Phi) is 10.8. The zero-order valence-electron chi connectivity index (χ0n) is 26.9. The van der Waals surface area contributed by atoms with Gasteiger partial charge in [0.1, 0.15) is 6.04 Å². The number of carbonyl (C=O) groups is 3. The molecular weight excluding hydrogens is 608 g/mol. The number of aromatic nitrogens is 4. The van der Waals surface area contributed by atoms with Gasteiger partial charge >= 0.3 is 0 Å². The number of nitrogens with zero attached hydrogens (tertiary/aromatic N) is 3. The van der Waals surface area contributed by atoms with E-state index in [1.165, 1.54) is 0 Å². The molecule has 48 heavy (non-hydrogen) atoms. The molecule has 3 amide bonds. The number of nitrogens with two attached hydrogens (primary N) is 1. The zero-order chi connectivity index (χ0) is 33.3. The maximum Gasteiger partial charge on any atom is 0.247 e. The molecule has 1 aliphatic carbocycles. The van der Waals surface area contributed by atoms with Gasteiger partial charge in [0.25, 0.3) is 0 Å². The Morgan fingerprint density at radius 3 is 2.19 bits per heavy atom. The topological polar surface area (TPSA) is 177 Å². The van der Waals surface area contributed by atoms with Gasteiger partial charge in [-0.15, -0.1) is 10.2 Å². The summed E-state index contributed by atoms with van der Waals surface area (Å²) in [5.41, 5.74) is 10.7. The molecule has 2 fully saturated rings. The van der Waals surface area contributed by atoms with Crippen molar-refractivity contribution >= 4 is 29.1 Å². The van der Waals surface area contributed by atoms with Gasteiger partial charge in [-0.1, -0.05) is 42.5 Å². The van der Waals surface area contributed by atoms with Crippen LogP contribution in [-0.2, 0) is 25.5 Å². The van der Waals surface area contributed by atoms with E-state index in [4.69, 9.17) is 10.5 Å². The Hall–Kier alpha value is -4.94. The summed E-state index contributed by atoms with van der Waals surface area (Å²) in [4.78, 5) is 40.1. The smallest absolute Gasteiger partial charge is 0.247 e. The van der Waals surface area contributed by atoms with Crippen LogP contribution in [0.4, 0.5) is 11.4 Å². The number of rotatable bonds is 11. The van der Waals surface area contributed by atoms with E-state index in [0.29, 0.717) is 56.5 Å². The maximum atomic E-state index is 13.7. The fourth-order valence-corrected chi connectivity index (χ4v) is 6.47. The van der Waals surface area contributed by atoms with Crippen LogP contribution < -0.4 is 21.7 Å². The predicted octanol–water partition coefficient (Wildman–Crippen LogP) is 4.33. The number of para-hydroxylation sites is 1. The number of amides is 3. The van der Waals surface area contributed by atoms with Crippen molar-refractivity contribution in [3.05, 3.63) is 78.4 Å². The fraction of sp³-hybridized carbons (Fsp3) is 0.389. The molecule has 12 nitrogen and oxygen atoms in total. The van der Waals surface area contributed by atoms with Gasteiger partial charge < -0.3 is 26.4 Å². The molecule has 12 heteroatoms. The molecule has 1 saturated heterocycles. The normalized spacial score (nSPS) is 18.9. The number of benzene rings is 3. The van der Waals surface area contributed by atoms with Gasteiger partial charge in [-0.05, 0) is 97.7 Å². The van der Waals surface area contributed by atoms with E-state index in [9.17, 15) is 14.4 Å². The summed E-state index contributed by atoms with van der Waals surface area (Å²) < 4.78 is 5.41. The highest BCUT2D eigenvalue weighted by Gasteiger charge is 2.29. The Balaban J connectivity index is 1.16. The SMILES string of the molecule is NCC1CCC(C(=O)N[C@@H](Cc2ccc(-c3ccccc3NC(=O)C3CCOCC3)cc2)C(=O)Nc2ccc(-c3nn[nH]n3)cc2)CC1. The van der Waals surface area contributed by atoms with Crippen LogP contribution in [-0.4, -0.2) is 64.1 Å². The number of anilines is 2. The van der Waals surface area contributed by atoms with E-state index in [1.54, 1.807) is 24.3 Å². The number of hydrogen-bond acceptors (Lipinski definition) is 8. The highest BCUT2D eigenvalue weighted by Crippen LogP contribution is 2.31. The Morgan fingerprint density at radius 1 is 0.812 bits per heavy atom. The van der Waals surface area contributed by atoms with Crippen molar-refractivity contribution in [1.29, 1.82) is 0 Å². The predicted molar refractivity (Wildman–Crippen MR) is 182 cm³/mol. The van der Waals surface area contributed by atoms with Gasteiger partial charge in [0.2, 0.25) is 23.5 Å². The molecular formula is C36H42N8O4. The van der Waals surface area contributed by atoms with Crippen LogP contribution in [0.15, 0.2) is 72.8 Å². The molecule has 6 N–H and O–H groups in total. The minimum atomic E-state index is -0.793. The van der Waals surface area contributed by atoms with Crippen molar-refractivity contribution in [3.8, 4) is 22.5 Å². The van der Waals surface area contributed by atoms with E-state index in [0.717, 1.165) is 53.6 Å². The molecule has 1 saturated carbocycles. The van der Waals surface area contributed by atoms with Crippen LogP contribution >= 0.6 is 0 Å². The molecule has 2 heterocycles. The summed E-state index contributed by atoms with van der Waals surface area (Å²) >= 11 is 0. The van der Waals surface area contributed by atoms with Gasteiger partial charge in [-0.25, -0.2) is 0 Å². The van der Waals surface area contributed by atoms with Crippen LogP contribution in [0.3, 0.4) is 0 Å². The highest BCUT2D eigenvalue weighted by molar-refractivity contribution is 5.98. The summed E-state index contributed by atoms with van der Waals surface area (Å²) in [5.74, 6) is 0.282. The van der Waals surface area contributed by atoms with E-state index in [2.05, 4.69) is 36.6 Å². The highest BCUT2D eigenvalue weighted by atomic mass is 16.5. The second-order valence-electron chi connectivity index (χ2n) is 12.6. The van der Waals surface area contributed by atoms with Gasteiger partial charge in [-0.3, -0.25) is 14.4 Å². The lowest BCUT2D eigenvalue weighted by atomic mass is 9.81. The minimum absolute atomic E-state index is 0.00734. The number of H-pyrrole nitrogens is 1. The monoisotopic (exact) mass is 650 g/mol. The third-order valence-electron chi connectivity index (χ3n) is 9.42. The number of hydrogen-bond donors (Lipinski definition) is 5. The molecule has 1 atom stereocenters. The van der Waals surface area contributed by atoms with Gasteiger partial charge in [-0.2, -0.15) is 5.21 Å². The lowest BCUT2D eigenvalue weighted by Gasteiger charge is -2.28. The van der Waals surface area contributed by atoms with Crippen LogP contribution in [0.1, 0.15) is 44.1 Å². The summed E-state index contributed by atoms with van der Waals surface area (Å²) in [6.45, 7) is 1.83. The first-order valence-corrected chi connectivity index (χ1v) is 16.7. The fourth-order valence-electron chi connectivity index (χ4n) is 6.47. The summed E-state index contributed by atoms with van der Waals surface area (Å²) in [6, 6.07) is 22.0. The average molecular weight is 651 g/mol. The second kappa shape index (κ2) is 15.8. The van der Waals surface area contributed by atoms with Crippen molar-refractivity contribution in [2.24, 2.45) is 23.5 Å². The molecule has 0 unspecified atom stereocenters. The van der Waals surface area contributed by atoms with E-state index >= 15 is 0 Å². The molecule has 1 aliphatic heterocycles.